The van der Waals surface area contributed by atoms with Crippen molar-refractivity contribution in [1.82, 2.24) is 19.8 Å². The average Bonchev–Trinajstić information content (AvgIpc) is 3.57. The van der Waals surface area contributed by atoms with Gasteiger partial charge in [-0.05, 0) is 49.7 Å². The van der Waals surface area contributed by atoms with Crippen molar-refractivity contribution in [3.8, 4) is 5.75 Å². The first-order valence-electron chi connectivity index (χ1n) is 15.6. The number of anilines is 5. The number of hydroxylamine groups is 1. The molecule has 1 amide bonds. The number of hydrogen-bond acceptors (Lipinski definition) is 10. The third-order valence-electron chi connectivity index (χ3n) is 8.99. The lowest BCUT2D eigenvalue weighted by molar-refractivity contribution is -0.111. The maximum Gasteiger partial charge on any atom is 0.247 e. The number of ether oxygens (including phenoxy) is 1. The maximum atomic E-state index is 13.8. The largest absolute Gasteiger partial charge is 0.494 e. The van der Waals surface area contributed by atoms with Crippen LogP contribution in [0.15, 0.2) is 55.4 Å². The van der Waals surface area contributed by atoms with Gasteiger partial charge >= 0.3 is 0 Å². The monoisotopic (exact) mass is 650 g/mol. The normalized spacial score (nSPS) is 19.7. The number of piperazine rings is 1. The summed E-state index contributed by atoms with van der Waals surface area (Å²) in [7, 11) is 3.80. The molecule has 3 aliphatic heterocycles. The number of hydrogen-bond donors (Lipinski definition) is 2. The Kier molecular flexibility index (Phi) is 9.88. The molecular formula is C33H40ClFN8O3. The molecule has 3 aromatic rings. The lowest BCUT2D eigenvalue weighted by Gasteiger charge is -2.43. The predicted octanol–water partition coefficient (Wildman–Crippen LogP) is 5.25. The summed E-state index contributed by atoms with van der Waals surface area (Å²) in [6.07, 6.45) is 5.49. The highest BCUT2D eigenvalue weighted by Gasteiger charge is 2.31. The molecule has 4 heterocycles. The minimum Gasteiger partial charge on any atom is -0.494 e. The molecule has 3 saturated heterocycles. The summed E-state index contributed by atoms with van der Waals surface area (Å²) < 4.78 is 19.7. The SMILES string of the molecule is C=CC(=O)Nc1cc(Nc2cc(N3OCCC3c3ccc(F)c(Cl)c3)ncn2)c(OC)cc1N1CCC(N2CCN(C)CC2)CC1. The molecule has 11 nitrogen and oxygen atoms in total. The van der Waals surface area contributed by atoms with Crippen LogP contribution in [0, 0.1) is 5.82 Å². The molecule has 0 bridgehead atoms. The van der Waals surface area contributed by atoms with E-state index in [4.69, 9.17) is 21.2 Å². The molecule has 1 aromatic heterocycles. The first-order valence-corrected chi connectivity index (χ1v) is 16.0. The summed E-state index contributed by atoms with van der Waals surface area (Å²) in [5, 5.41) is 8.08. The van der Waals surface area contributed by atoms with Gasteiger partial charge in [0, 0.05) is 63.9 Å². The highest BCUT2D eigenvalue weighted by molar-refractivity contribution is 6.30. The quantitative estimate of drug-likeness (QED) is 0.299. The van der Waals surface area contributed by atoms with Gasteiger partial charge in [-0.3, -0.25) is 14.5 Å². The van der Waals surface area contributed by atoms with Gasteiger partial charge in [0.25, 0.3) is 0 Å². The third-order valence-corrected chi connectivity index (χ3v) is 9.28. The molecule has 244 valence electrons. The summed E-state index contributed by atoms with van der Waals surface area (Å²) in [5.74, 6) is 0.857. The van der Waals surface area contributed by atoms with Crippen molar-refractivity contribution in [2.45, 2.75) is 31.3 Å². The van der Waals surface area contributed by atoms with Crippen molar-refractivity contribution in [3.05, 3.63) is 71.8 Å². The molecule has 2 aromatic carbocycles. The fourth-order valence-corrected chi connectivity index (χ4v) is 6.62. The molecule has 0 spiro atoms. The number of benzene rings is 2. The molecule has 1 unspecified atom stereocenters. The molecule has 0 radical (unpaired) electrons. The molecule has 1 atom stereocenters. The number of nitrogens with zero attached hydrogens (tertiary/aromatic N) is 6. The van der Waals surface area contributed by atoms with Gasteiger partial charge in [-0.25, -0.2) is 19.4 Å². The van der Waals surface area contributed by atoms with Gasteiger partial charge in [0.2, 0.25) is 5.91 Å². The Bertz CT molecular complexity index is 1560. The predicted molar refractivity (Wildman–Crippen MR) is 179 cm³/mol. The Morgan fingerprint density at radius 1 is 1.07 bits per heavy atom. The Hall–Kier alpha value is -3.97. The zero-order chi connectivity index (χ0) is 32.2. The second-order valence-electron chi connectivity index (χ2n) is 11.8. The van der Waals surface area contributed by atoms with Crippen molar-refractivity contribution in [2.24, 2.45) is 0 Å². The van der Waals surface area contributed by atoms with Gasteiger partial charge in [0.15, 0.2) is 5.82 Å². The van der Waals surface area contributed by atoms with Gasteiger partial charge in [-0.2, -0.15) is 0 Å². The third kappa shape index (κ3) is 7.05. The first kappa shape index (κ1) is 32.0. The summed E-state index contributed by atoms with van der Waals surface area (Å²) in [5.41, 5.74) is 2.98. The number of aromatic nitrogens is 2. The standard InChI is InChI=1S/C33H40ClFN8O3/c1-4-33(44)39-26-18-27(30(45-3)19-29(26)42-10-7-23(8-11-42)41-14-12-40(2)13-15-41)38-31-20-32(37-21-36-31)43-28(9-16-46-43)22-5-6-25(35)24(34)17-22/h4-6,17-21,23,28H,1,7-16H2,2-3H3,(H,39,44)(H,36,37,38). The molecule has 0 aliphatic carbocycles. The van der Waals surface area contributed by atoms with Crippen LogP contribution in [0.1, 0.15) is 30.9 Å². The first-order chi connectivity index (χ1) is 22.3. The molecular weight excluding hydrogens is 611 g/mol. The van der Waals surface area contributed by atoms with E-state index in [2.05, 4.69) is 48.9 Å². The molecule has 3 fully saturated rings. The average molecular weight is 651 g/mol. The van der Waals surface area contributed by atoms with Crippen molar-refractivity contribution in [2.75, 3.05) is 80.6 Å². The van der Waals surface area contributed by atoms with Crippen LogP contribution in [0.5, 0.6) is 5.75 Å². The van der Waals surface area contributed by atoms with E-state index >= 15 is 0 Å². The number of methoxy groups -OCH3 is 1. The summed E-state index contributed by atoms with van der Waals surface area (Å²) in [6.45, 7) is 10.3. The minimum absolute atomic E-state index is 0.0590. The lowest BCUT2D eigenvalue weighted by atomic mass is 10.0. The highest BCUT2D eigenvalue weighted by atomic mass is 35.5. The number of halogens is 2. The van der Waals surface area contributed by atoms with Crippen LogP contribution in [-0.2, 0) is 9.63 Å². The van der Waals surface area contributed by atoms with E-state index in [1.54, 1.807) is 30.4 Å². The molecule has 3 aliphatic rings. The van der Waals surface area contributed by atoms with Crippen LogP contribution in [0.25, 0.3) is 0 Å². The van der Waals surface area contributed by atoms with E-state index < -0.39 is 5.82 Å². The minimum atomic E-state index is -0.469. The Morgan fingerprint density at radius 3 is 2.57 bits per heavy atom. The maximum absolute atomic E-state index is 13.8. The van der Waals surface area contributed by atoms with E-state index in [0.717, 1.165) is 63.4 Å². The molecule has 0 saturated carbocycles. The molecule has 46 heavy (non-hydrogen) atoms. The van der Waals surface area contributed by atoms with Crippen molar-refractivity contribution in [3.63, 3.8) is 0 Å². The number of rotatable bonds is 9. The number of carbonyl (C=O) groups is 1. The van der Waals surface area contributed by atoms with Gasteiger partial charge in [0.05, 0.1) is 41.8 Å². The van der Waals surface area contributed by atoms with E-state index in [0.29, 0.717) is 47.8 Å². The lowest BCUT2D eigenvalue weighted by Crippen LogP contribution is -2.52. The zero-order valence-corrected chi connectivity index (χ0v) is 27.0. The van der Waals surface area contributed by atoms with Crippen molar-refractivity contribution < 1.29 is 18.8 Å². The zero-order valence-electron chi connectivity index (χ0n) is 26.2. The summed E-state index contributed by atoms with van der Waals surface area (Å²) >= 11 is 6.07. The number of nitrogens with one attached hydrogen (secondary N) is 2. The van der Waals surface area contributed by atoms with Crippen LogP contribution in [0.3, 0.4) is 0 Å². The van der Waals surface area contributed by atoms with E-state index in [9.17, 15) is 9.18 Å². The second kappa shape index (κ2) is 14.2. The van der Waals surface area contributed by atoms with Gasteiger partial charge < -0.3 is 25.2 Å². The smallest absolute Gasteiger partial charge is 0.247 e. The highest BCUT2D eigenvalue weighted by Crippen LogP contribution is 2.41. The molecule has 6 rings (SSSR count). The number of likely N-dealkylation sites (N-methyl/N-ethyl adjacent to an activating group) is 1. The topological polar surface area (TPSA) is 98.3 Å². The van der Waals surface area contributed by atoms with Crippen LogP contribution < -0.4 is 25.3 Å². The number of amides is 1. The van der Waals surface area contributed by atoms with Crippen LogP contribution in [0.2, 0.25) is 5.02 Å². The number of carbonyl (C=O) groups excluding carboxylic acids is 1. The van der Waals surface area contributed by atoms with Crippen molar-refractivity contribution >= 4 is 46.2 Å². The summed E-state index contributed by atoms with van der Waals surface area (Å²) in [6, 6.07) is 10.6. The van der Waals surface area contributed by atoms with Crippen LogP contribution in [0.4, 0.5) is 33.1 Å². The van der Waals surface area contributed by atoms with Gasteiger partial charge in [0.1, 0.15) is 23.7 Å². The Labute approximate surface area is 273 Å². The van der Waals surface area contributed by atoms with Gasteiger partial charge in [-0.15, -0.1) is 0 Å². The van der Waals surface area contributed by atoms with Gasteiger partial charge in [-0.1, -0.05) is 24.2 Å². The van der Waals surface area contributed by atoms with E-state index in [1.165, 1.54) is 18.5 Å². The molecule has 2 N–H and O–H groups in total. The van der Waals surface area contributed by atoms with E-state index in [1.807, 2.05) is 12.1 Å². The Morgan fingerprint density at radius 2 is 1.85 bits per heavy atom. The second-order valence-corrected chi connectivity index (χ2v) is 12.3. The summed E-state index contributed by atoms with van der Waals surface area (Å²) in [4.78, 5) is 34.6. The Balaban J connectivity index is 1.22. The number of piperidine rings is 1. The van der Waals surface area contributed by atoms with E-state index in [-0.39, 0.29) is 17.0 Å². The fraction of sp³-hybridized carbons (Fsp3) is 0.424. The van der Waals surface area contributed by atoms with Crippen LogP contribution in [-0.4, -0.2) is 91.7 Å². The molecule has 13 heteroatoms. The fourth-order valence-electron chi connectivity index (χ4n) is 6.43. The van der Waals surface area contributed by atoms with Crippen molar-refractivity contribution in [1.29, 1.82) is 0 Å². The van der Waals surface area contributed by atoms with Crippen LogP contribution >= 0.6 is 11.6 Å².